The Morgan fingerprint density at radius 3 is 2.65 bits per heavy atom. The van der Waals surface area contributed by atoms with Crippen LogP contribution in [0, 0.1) is 6.92 Å². The van der Waals surface area contributed by atoms with E-state index in [1.807, 2.05) is 19.1 Å². The fourth-order valence-corrected chi connectivity index (χ4v) is 2.46. The summed E-state index contributed by atoms with van der Waals surface area (Å²) in [4.78, 5) is 30.7. The predicted molar refractivity (Wildman–Crippen MR) is 92.3 cm³/mol. The number of amides is 1. The summed E-state index contributed by atoms with van der Waals surface area (Å²) in [5.74, 6) is -0.0407. The van der Waals surface area contributed by atoms with E-state index in [0.717, 1.165) is 5.56 Å². The molecule has 0 unspecified atom stereocenters. The van der Waals surface area contributed by atoms with Crippen molar-refractivity contribution >= 4 is 16.8 Å². The summed E-state index contributed by atoms with van der Waals surface area (Å²) in [5, 5.41) is 0.578. The molecule has 1 aromatic heterocycles. The number of benzene rings is 1. The summed E-state index contributed by atoms with van der Waals surface area (Å²) in [6.07, 6.45) is 5.10. The van der Waals surface area contributed by atoms with Crippen LogP contribution in [0.3, 0.4) is 0 Å². The molecule has 0 saturated heterocycles. The van der Waals surface area contributed by atoms with E-state index in [2.05, 4.69) is 18.1 Å². The minimum absolute atomic E-state index is 0.0407. The van der Waals surface area contributed by atoms with Crippen LogP contribution < -0.4 is 5.56 Å². The summed E-state index contributed by atoms with van der Waals surface area (Å²) in [5.41, 5.74) is 1.55. The molecule has 0 saturated carbocycles. The van der Waals surface area contributed by atoms with E-state index >= 15 is 0 Å². The highest BCUT2D eigenvalue weighted by atomic mass is 16.2. The molecule has 0 aliphatic heterocycles. The van der Waals surface area contributed by atoms with E-state index in [-0.39, 0.29) is 17.9 Å². The average molecular weight is 311 g/mol. The molecule has 1 aromatic carbocycles. The monoisotopic (exact) mass is 311 g/mol. The van der Waals surface area contributed by atoms with Gasteiger partial charge in [-0.25, -0.2) is 4.98 Å². The van der Waals surface area contributed by atoms with Gasteiger partial charge in [-0.2, -0.15) is 0 Å². The second-order valence-corrected chi connectivity index (χ2v) is 5.34. The third-order valence-electron chi connectivity index (χ3n) is 3.67. The topological polar surface area (TPSA) is 55.2 Å². The Labute approximate surface area is 135 Å². The van der Waals surface area contributed by atoms with Crippen molar-refractivity contribution in [2.24, 2.45) is 0 Å². The van der Waals surface area contributed by atoms with Gasteiger partial charge in [0, 0.05) is 26.1 Å². The molecule has 1 heterocycles. The van der Waals surface area contributed by atoms with E-state index in [4.69, 9.17) is 0 Å². The van der Waals surface area contributed by atoms with Crippen LogP contribution in [0.25, 0.3) is 10.9 Å². The molecule has 5 nitrogen and oxygen atoms in total. The van der Waals surface area contributed by atoms with Crippen molar-refractivity contribution in [2.75, 3.05) is 13.1 Å². The smallest absolute Gasteiger partial charge is 0.261 e. The molecule has 0 N–H and O–H groups in total. The zero-order valence-corrected chi connectivity index (χ0v) is 13.4. The van der Waals surface area contributed by atoms with Gasteiger partial charge < -0.3 is 4.90 Å². The Morgan fingerprint density at radius 2 is 2.00 bits per heavy atom. The molecule has 0 aliphatic carbocycles. The quantitative estimate of drug-likeness (QED) is 0.737. The van der Waals surface area contributed by atoms with Crippen LogP contribution in [0.5, 0.6) is 0 Å². The van der Waals surface area contributed by atoms with Crippen LogP contribution in [0.1, 0.15) is 12.0 Å². The second kappa shape index (κ2) is 7.54. The summed E-state index contributed by atoms with van der Waals surface area (Å²) in [6, 6.07) is 5.52. The number of rotatable bonds is 7. The first kappa shape index (κ1) is 16.7. The number of nitrogens with zero attached hydrogens (tertiary/aromatic N) is 3. The van der Waals surface area contributed by atoms with E-state index in [9.17, 15) is 9.59 Å². The molecule has 0 spiro atoms. The number of aryl methyl sites for hydroxylation is 2. The minimum atomic E-state index is -0.120. The van der Waals surface area contributed by atoms with Gasteiger partial charge in [0.2, 0.25) is 5.91 Å². The number of carbonyl (C=O) groups excluding carboxylic acids is 1. The van der Waals surface area contributed by atoms with Gasteiger partial charge in [-0.15, -0.1) is 13.2 Å². The van der Waals surface area contributed by atoms with Crippen LogP contribution in [-0.4, -0.2) is 33.4 Å². The van der Waals surface area contributed by atoms with E-state index in [1.54, 1.807) is 23.1 Å². The van der Waals surface area contributed by atoms with Crippen LogP contribution in [-0.2, 0) is 11.3 Å². The highest BCUT2D eigenvalue weighted by Gasteiger charge is 2.12. The maximum Gasteiger partial charge on any atom is 0.261 e. The van der Waals surface area contributed by atoms with Crippen LogP contribution in [0.15, 0.2) is 54.6 Å². The molecule has 120 valence electrons. The zero-order chi connectivity index (χ0) is 16.8. The molecule has 0 bridgehead atoms. The Bertz CT molecular complexity index is 782. The molecule has 2 aromatic rings. The number of hydrogen-bond donors (Lipinski definition) is 0. The summed E-state index contributed by atoms with van der Waals surface area (Å²) in [7, 11) is 0. The van der Waals surface area contributed by atoms with Crippen LogP contribution >= 0.6 is 0 Å². The van der Waals surface area contributed by atoms with Gasteiger partial charge in [0.05, 0.1) is 17.2 Å². The van der Waals surface area contributed by atoms with Gasteiger partial charge >= 0.3 is 0 Å². The second-order valence-electron chi connectivity index (χ2n) is 5.34. The number of fused-ring (bicyclic) bond motifs is 1. The molecular weight excluding hydrogens is 290 g/mol. The lowest BCUT2D eigenvalue weighted by molar-refractivity contribution is -0.130. The van der Waals surface area contributed by atoms with Gasteiger partial charge in [-0.3, -0.25) is 14.2 Å². The lowest BCUT2D eigenvalue weighted by atomic mass is 10.1. The van der Waals surface area contributed by atoms with Crippen LogP contribution in [0.4, 0.5) is 0 Å². The maximum atomic E-state index is 12.5. The fraction of sp³-hybridized carbons (Fsp3) is 0.278. The van der Waals surface area contributed by atoms with E-state index in [1.165, 1.54) is 10.9 Å². The molecule has 5 heteroatoms. The lowest BCUT2D eigenvalue weighted by Crippen LogP contribution is -2.33. The molecule has 0 radical (unpaired) electrons. The SMILES string of the molecule is C=CCN(CC=C)C(=O)CCn1cnc2c(C)cccc2c1=O. The van der Waals surface area contributed by atoms with Gasteiger partial charge in [0.25, 0.3) is 5.56 Å². The van der Waals surface area contributed by atoms with E-state index in [0.29, 0.717) is 30.5 Å². The average Bonchev–Trinajstić information content (AvgIpc) is 2.54. The maximum absolute atomic E-state index is 12.5. The summed E-state index contributed by atoms with van der Waals surface area (Å²) < 4.78 is 1.49. The van der Waals surface area contributed by atoms with Gasteiger partial charge in [-0.1, -0.05) is 24.3 Å². The first-order chi connectivity index (χ1) is 11.1. The Morgan fingerprint density at radius 1 is 1.30 bits per heavy atom. The largest absolute Gasteiger partial charge is 0.335 e. The Balaban J connectivity index is 2.17. The molecule has 0 atom stereocenters. The van der Waals surface area contributed by atoms with Gasteiger partial charge in [0.1, 0.15) is 0 Å². The normalized spacial score (nSPS) is 10.5. The van der Waals surface area contributed by atoms with Crippen molar-refractivity contribution in [3.8, 4) is 0 Å². The first-order valence-electron chi connectivity index (χ1n) is 7.52. The van der Waals surface area contributed by atoms with Crippen LogP contribution in [0.2, 0.25) is 0 Å². The van der Waals surface area contributed by atoms with Crippen molar-refractivity contribution in [3.05, 3.63) is 65.8 Å². The zero-order valence-electron chi connectivity index (χ0n) is 13.4. The molecule has 0 fully saturated rings. The number of carbonyl (C=O) groups is 1. The predicted octanol–water partition coefficient (Wildman–Crippen LogP) is 2.30. The lowest BCUT2D eigenvalue weighted by Gasteiger charge is -2.19. The molecular formula is C18H21N3O2. The first-order valence-corrected chi connectivity index (χ1v) is 7.52. The molecule has 23 heavy (non-hydrogen) atoms. The summed E-state index contributed by atoms with van der Waals surface area (Å²) >= 11 is 0. The third kappa shape index (κ3) is 3.74. The van der Waals surface area contributed by atoms with Crippen molar-refractivity contribution in [2.45, 2.75) is 19.9 Å². The highest BCUT2D eigenvalue weighted by Crippen LogP contribution is 2.11. The fourth-order valence-electron chi connectivity index (χ4n) is 2.46. The van der Waals surface area contributed by atoms with Gasteiger partial charge in [0.15, 0.2) is 0 Å². The number of hydrogen-bond acceptors (Lipinski definition) is 3. The van der Waals surface area contributed by atoms with E-state index < -0.39 is 0 Å². The Kier molecular flexibility index (Phi) is 5.46. The molecule has 2 rings (SSSR count). The van der Waals surface area contributed by atoms with Crippen molar-refractivity contribution in [1.29, 1.82) is 0 Å². The number of para-hydroxylation sites is 1. The van der Waals surface area contributed by atoms with Crippen molar-refractivity contribution in [3.63, 3.8) is 0 Å². The third-order valence-corrected chi connectivity index (χ3v) is 3.67. The van der Waals surface area contributed by atoms with Crippen molar-refractivity contribution < 1.29 is 4.79 Å². The molecule has 0 aliphatic rings. The number of aromatic nitrogens is 2. The minimum Gasteiger partial charge on any atom is -0.335 e. The highest BCUT2D eigenvalue weighted by molar-refractivity contribution is 5.80. The Hall–Kier alpha value is -2.69. The standard InChI is InChI=1S/C18H21N3O2/c1-4-10-20(11-5-2)16(22)9-12-21-13-19-17-14(3)7-6-8-15(17)18(21)23/h4-8,13H,1-2,9-12H2,3H3. The summed E-state index contributed by atoms with van der Waals surface area (Å²) in [6.45, 7) is 10.5. The molecule has 1 amide bonds. The van der Waals surface area contributed by atoms with Gasteiger partial charge in [-0.05, 0) is 18.6 Å². The van der Waals surface area contributed by atoms with Crippen molar-refractivity contribution in [1.82, 2.24) is 14.5 Å².